The molecule has 0 aliphatic rings. The van der Waals surface area contributed by atoms with Gasteiger partial charge >= 0.3 is 5.51 Å². The van der Waals surface area contributed by atoms with E-state index in [0.29, 0.717) is 29.5 Å². The van der Waals surface area contributed by atoms with Crippen molar-refractivity contribution in [2.75, 3.05) is 29.5 Å². The van der Waals surface area contributed by atoms with Crippen molar-refractivity contribution in [1.82, 2.24) is 19.9 Å². The molecule has 0 amide bonds. The summed E-state index contributed by atoms with van der Waals surface area (Å²) in [5.41, 5.74) is -3.17. The standard InChI is InChI=1S/C11H15F3N6S/c1-2-3-16-10-19-8(7-9(20-10)18-6-17-7)15-4-5-21-11(12,13)14/h6H,2-5H2,1H3,(H3,15,16,17,18,19,20). The summed E-state index contributed by atoms with van der Waals surface area (Å²) >= 11 is -0.0690. The number of halogens is 3. The molecule has 6 nitrogen and oxygen atoms in total. The molecule has 0 fully saturated rings. The van der Waals surface area contributed by atoms with Gasteiger partial charge in [-0.25, -0.2) is 4.98 Å². The van der Waals surface area contributed by atoms with Crippen LogP contribution in [0.1, 0.15) is 13.3 Å². The molecule has 0 aliphatic heterocycles. The van der Waals surface area contributed by atoms with Gasteiger partial charge in [0, 0.05) is 18.8 Å². The summed E-state index contributed by atoms with van der Waals surface area (Å²) in [6.45, 7) is 2.86. The van der Waals surface area contributed by atoms with Crippen molar-refractivity contribution in [3.05, 3.63) is 6.33 Å². The van der Waals surface area contributed by atoms with Gasteiger partial charge in [-0.3, -0.25) is 0 Å². The molecule has 0 atom stereocenters. The molecule has 21 heavy (non-hydrogen) atoms. The zero-order valence-electron chi connectivity index (χ0n) is 11.3. The molecular formula is C11H15F3N6S. The number of rotatable bonds is 7. The Morgan fingerprint density at radius 3 is 2.76 bits per heavy atom. The van der Waals surface area contributed by atoms with Gasteiger partial charge in [-0.2, -0.15) is 23.1 Å². The van der Waals surface area contributed by atoms with E-state index in [4.69, 9.17) is 0 Å². The third-order valence-electron chi connectivity index (χ3n) is 2.48. The number of imidazole rings is 1. The summed E-state index contributed by atoms with van der Waals surface area (Å²) in [5, 5.41) is 5.91. The van der Waals surface area contributed by atoms with Crippen molar-refractivity contribution >= 4 is 34.7 Å². The highest BCUT2D eigenvalue weighted by Crippen LogP contribution is 2.29. The van der Waals surface area contributed by atoms with Gasteiger partial charge in [0.25, 0.3) is 0 Å². The number of nitrogens with zero attached hydrogens (tertiary/aromatic N) is 3. The molecule has 0 aromatic carbocycles. The number of aromatic nitrogens is 4. The number of hydrogen-bond acceptors (Lipinski definition) is 6. The molecule has 0 bridgehead atoms. The number of hydrogen-bond donors (Lipinski definition) is 3. The first-order chi connectivity index (χ1) is 9.99. The molecule has 0 aliphatic carbocycles. The summed E-state index contributed by atoms with van der Waals surface area (Å²) in [6, 6.07) is 0. The fraction of sp³-hybridized carbons (Fsp3) is 0.545. The normalized spacial score (nSPS) is 11.8. The zero-order valence-corrected chi connectivity index (χ0v) is 12.1. The highest BCUT2D eigenvalue weighted by Gasteiger charge is 2.27. The summed E-state index contributed by atoms with van der Waals surface area (Å²) < 4.78 is 36.2. The molecule has 0 spiro atoms. The number of thioether (sulfide) groups is 1. The van der Waals surface area contributed by atoms with Crippen molar-refractivity contribution in [3.63, 3.8) is 0 Å². The molecule has 0 radical (unpaired) electrons. The first-order valence-electron chi connectivity index (χ1n) is 6.39. The third kappa shape index (κ3) is 4.66. The van der Waals surface area contributed by atoms with Gasteiger partial charge in [0.15, 0.2) is 11.5 Å². The van der Waals surface area contributed by atoms with E-state index in [1.54, 1.807) is 0 Å². The van der Waals surface area contributed by atoms with E-state index in [-0.39, 0.29) is 24.1 Å². The highest BCUT2D eigenvalue weighted by molar-refractivity contribution is 8.00. The fourth-order valence-electron chi connectivity index (χ4n) is 1.61. The molecule has 2 rings (SSSR count). The maximum absolute atomic E-state index is 12.1. The van der Waals surface area contributed by atoms with Crippen molar-refractivity contribution in [1.29, 1.82) is 0 Å². The smallest absolute Gasteiger partial charge is 0.367 e. The molecular weight excluding hydrogens is 305 g/mol. The van der Waals surface area contributed by atoms with E-state index in [0.717, 1.165) is 6.42 Å². The average molecular weight is 320 g/mol. The SMILES string of the molecule is CCCNc1nc(NCCSC(F)(F)F)c2[nH]cnc2n1. The third-order valence-corrected chi connectivity index (χ3v) is 3.21. The lowest BCUT2D eigenvalue weighted by Crippen LogP contribution is -2.12. The van der Waals surface area contributed by atoms with Crippen LogP contribution in [-0.2, 0) is 0 Å². The summed E-state index contributed by atoms with van der Waals surface area (Å²) in [4.78, 5) is 15.4. The van der Waals surface area contributed by atoms with Crippen LogP contribution >= 0.6 is 11.8 Å². The van der Waals surface area contributed by atoms with Gasteiger partial charge < -0.3 is 15.6 Å². The predicted octanol–water partition coefficient (Wildman–Crippen LogP) is 2.84. The van der Waals surface area contributed by atoms with Gasteiger partial charge in [0.05, 0.1) is 6.33 Å². The first-order valence-corrected chi connectivity index (χ1v) is 7.37. The van der Waals surface area contributed by atoms with Crippen molar-refractivity contribution < 1.29 is 13.2 Å². The van der Waals surface area contributed by atoms with Crippen LogP contribution in [0.3, 0.4) is 0 Å². The lowest BCUT2D eigenvalue weighted by atomic mass is 10.4. The van der Waals surface area contributed by atoms with Crippen molar-refractivity contribution in [3.8, 4) is 0 Å². The second-order valence-corrected chi connectivity index (χ2v) is 5.30. The summed E-state index contributed by atoms with van der Waals surface area (Å²) in [6.07, 6.45) is 2.38. The topological polar surface area (TPSA) is 78.5 Å². The number of nitrogens with one attached hydrogen (secondary N) is 3. The molecule has 2 heterocycles. The van der Waals surface area contributed by atoms with Crippen LogP contribution in [0, 0.1) is 0 Å². The van der Waals surface area contributed by atoms with Crippen LogP contribution in [0.2, 0.25) is 0 Å². The number of anilines is 2. The van der Waals surface area contributed by atoms with Crippen molar-refractivity contribution in [2.24, 2.45) is 0 Å². The Kier molecular flexibility index (Phi) is 5.10. The van der Waals surface area contributed by atoms with E-state index in [1.807, 2.05) is 6.92 Å². The largest absolute Gasteiger partial charge is 0.441 e. The summed E-state index contributed by atoms with van der Waals surface area (Å²) in [7, 11) is 0. The second kappa shape index (κ2) is 6.83. The van der Waals surface area contributed by atoms with Crippen LogP contribution in [0.4, 0.5) is 24.9 Å². The zero-order chi connectivity index (χ0) is 15.3. The predicted molar refractivity (Wildman–Crippen MR) is 77.5 cm³/mol. The molecule has 0 unspecified atom stereocenters. The number of H-pyrrole nitrogens is 1. The highest BCUT2D eigenvalue weighted by atomic mass is 32.2. The van der Waals surface area contributed by atoms with Crippen LogP contribution in [0.5, 0.6) is 0 Å². The van der Waals surface area contributed by atoms with Gasteiger partial charge in [-0.1, -0.05) is 6.92 Å². The van der Waals surface area contributed by atoms with E-state index in [1.165, 1.54) is 6.33 Å². The van der Waals surface area contributed by atoms with Gasteiger partial charge in [0.1, 0.15) is 5.52 Å². The minimum absolute atomic E-state index is 0.0690. The van der Waals surface area contributed by atoms with E-state index in [9.17, 15) is 13.2 Å². The van der Waals surface area contributed by atoms with Crippen LogP contribution in [-0.4, -0.2) is 44.3 Å². The quantitative estimate of drug-likeness (QED) is 0.681. The fourth-order valence-corrected chi connectivity index (χ4v) is 2.05. The van der Waals surface area contributed by atoms with Gasteiger partial charge in [-0.05, 0) is 18.2 Å². The lowest BCUT2D eigenvalue weighted by Gasteiger charge is -2.10. The van der Waals surface area contributed by atoms with E-state index in [2.05, 4.69) is 30.6 Å². The van der Waals surface area contributed by atoms with Crippen LogP contribution < -0.4 is 10.6 Å². The Hall–Kier alpha value is -1.71. The Morgan fingerprint density at radius 1 is 1.24 bits per heavy atom. The van der Waals surface area contributed by atoms with E-state index >= 15 is 0 Å². The molecule has 10 heteroatoms. The minimum Gasteiger partial charge on any atom is -0.367 e. The minimum atomic E-state index is -4.22. The van der Waals surface area contributed by atoms with Crippen molar-refractivity contribution in [2.45, 2.75) is 18.9 Å². The number of fused-ring (bicyclic) bond motifs is 1. The van der Waals surface area contributed by atoms with Gasteiger partial charge in [0.2, 0.25) is 5.95 Å². The number of aromatic amines is 1. The van der Waals surface area contributed by atoms with Gasteiger partial charge in [-0.15, -0.1) is 0 Å². The molecule has 0 saturated carbocycles. The monoisotopic (exact) mass is 320 g/mol. The Morgan fingerprint density at radius 2 is 2.05 bits per heavy atom. The molecule has 2 aromatic rings. The number of alkyl halides is 3. The lowest BCUT2D eigenvalue weighted by molar-refractivity contribution is -0.0327. The summed E-state index contributed by atoms with van der Waals surface area (Å²) in [5.74, 6) is 0.752. The molecule has 3 N–H and O–H groups in total. The maximum atomic E-state index is 12.1. The maximum Gasteiger partial charge on any atom is 0.441 e. The first kappa shape index (κ1) is 15.7. The van der Waals surface area contributed by atoms with E-state index < -0.39 is 5.51 Å². The Bertz CT molecular complexity index is 585. The molecule has 0 saturated heterocycles. The van der Waals surface area contributed by atoms with Crippen LogP contribution in [0.25, 0.3) is 11.2 Å². The molecule has 2 aromatic heterocycles. The van der Waals surface area contributed by atoms with Crippen LogP contribution in [0.15, 0.2) is 6.33 Å². The second-order valence-electron chi connectivity index (χ2n) is 4.14. The Balaban J connectivity index is 2.04. The average Bonchev–Trinajstić information content (AvgIpc) is 2.88. The Labute approximate surface area is 123 Å². The molecule has 116 valence electrons.